The number of carboxylic acid groups (broad SMARTS) is 1. The Kier molecular flexibility index (Phi) is 4.70. The van der Waals surface area contributed by atoms with Gasteiger partial charge in [-0.3, -0.25) is 9.59 Å². The lowest BCUT2D eigenvalue weighted by molar-refractivity contribution is -0.136. The molecule has 0 aromatic heterocycles. The Balaban J connectivity index is 3.05. The largest absolute Gasteiger partial charge is 0.481 e. The minimum atomic E-state index is -0.903. The van der Waals surface area contributed by atoms with Crippen molar-refractivity contribution in [1.82, 2.24) is 0 Å². The fourth-order valence-electron chi connectivity index (χ4n) is 1.76. The lowest BCUT2D eigenvalue weighted by Gasteiger charge is -2.29. The van der Waals surface area contributed by atoms with Crippen molar-refractivity contribution < 1.29 is 14.7 Å². The summed E-state index contributed by atoms with van der Waals surface area (Å²) in [5, 5.41) is 8.81. The maximum absolute atomic E-state index is 12.4. The highest BCUT2D eigenvalue weighted by atomic mass is 16.4. The highest BCUT2D eigenvalue weighted by Crippen LogP contribution is 2.24. The van der Waals surface area contributed by atoms with Crippen molar-refractivity contribution in [1.29, 1.82) is 0 Å². The van der Waals surface area contributed by atoms with E-state index in [0.717, 1.165) is 11.3 Å². The minimum Gasteiger partial charge on any atom is -0.481 e. The van der Waals surface area contributed by atoms with Gasteiger partial charge >= 0.3 is 5.97 Å². The van der Waals surface area contributed by atoms with Gasteiger partial charge in [-0.15, -0.1) is 0 Å². The van der Waals surface area contributed by atoms with Crippen LogP contribution in [0.3, 0.4) is 0 Å². The second kappa shape index (κ2) is 5.87. The van der Waals surface area contributed by atoms with Gasteiger partial charge in [-0.1, -0.05) is 32.9 Å². The summed E-state index contributed by atoms with van der Waals surface area (Å²) in [5.41, 5.74) is 1.25. The van der Waals surface area contributed by atoms with Crippen molar-refractivity contribution >= 4 is 17.6 Å². The molecule has 1 amide bonds. The SMILES string of the molecule is Cc1cccc(N(CCC(=O)O)C(=O)C(C)(C)C)c1. The number of nitrogens with zero attached hydrogens (tertiary/aromatic N) is 1. The summed E-state index contributed by atoms with van der Waals surface area (Å²) in [4.78, 5) is 24.7. The Morgan fingerprint density at radius 3 is 2.37 bits per heavy atom. The molecule has 0 unspecified atom stereocenters. The number of carboxylic acids is 1. The monoisotopic (exact) mass is 263 g/mol. The van der Waals surface area contributed by atoms with Crippen LogP contribution >= 0.6 is 0 Å². The normalized spacial score (nSPS) is 11.2. The molecule has 0 bridgehead atoms. The highest BCUT2D eigenvalue weighted by molar-refractivity contribution is 5.97. The van der Waals surface area contributed by atoms with Gasteiger partial charge in [0.1, 0.15) is 0 Å². The summed E-state index contributed by atoms with van der Waals surface area (Å²) in [6, 6.07) is 7.54. The van der Waals surface area contributed by atoms with Gasteiger partial charge in [-0.05, 0) is 24.6 Å². The van der Waals surface area contributed by atoms with E-state index in [-0.39, 0.29) is 18.9 Å². The van der Waals surface area contributed by atoms with Crippen LogP contribution in [0.5, 0.6) is 0 Å². The lowest BCUT2D eigenvalue weighted by Crippen LogP contribution is -2.40. The van der Waals surface area contributed by atoms with Gasteiger partial charge in [0.05, 0.1) is 6.42 Å². The van der Waals surface area contributed by atoms with Crippen LogP contribution in [0, 0.1) is 12.3 Å². The molecule has 4 nitrogen and oxygen atoms in total. The number of hydrogen-bond acceptors (Lipinski definition) is 2. The first-order valence-electron chi connectivity index (χ1n) is 6.32. The van der Waals surface area contributed by atoms with E-state index in [1.807, 2.05) is 52.0 Å². The van der Waals surface area contributed by atoms with E-state index in [0.29, 0.717) is 0 Å². The van der Waals surface area contributed by atoms with Crippen LogP contribution < -0.4 is 4.90 Å². The van der Waals surface area contributed by atoms with Crippen LogP contribution in [0.4, 0.5) is 5.69 Å². The van der Waals surface area contributed by atoms with Gasteiger partial charge in [0.25, 0.3) is 0 Å². The zero-order chi connectivity index (χ0) is 14.6. The van der Waals surface area contributed by atoms with Crippen molar-refractivity contribution in [2.24, 2.45) is 5.41 Å². The van der Waals surface area contributed by atoms with Crippen LogP contribution in [0.1, 0.15) is 32.8 Å². The van der Waals surface area contributed by atoms with Gasteiger partial charge in [-0.25, -0.2) is 0 Å². The number of rotatable bonds is 4. The molecule has 0 fully saturated rings. The molecule has 4 heteroatoms. The summed E-state index contributed by atoms with van der Waals surface area (Å²) in [6.45, 7) is 7.63. The smallest absolute Gasteiger partial charge is 0.305 e. The van der Waals surface area contributed by atoms with Crippen LogP contribution in [-0.2, 0) is 9.59 Å². The van der Waals surface area contributed by atoms with E-state index in [4.69, 9.17) is 5.11 Å². The van der Waals surface area contributed by atoms with Crippen LogP contribution in [0.15, 0.2) is 24.3 Å². The topological polar surface area (TPSA) is 57.6 Å². The molecule has 0 aliphatic carbocycles. The molecule has 0 atom stereocenters. The van der Waals surface area contributed by atoms with E-state index in [9.17, 15) is 9.59 Å². The summed E-state index contributed by atoms with van der Waals surface area (Å²) in [6.07, 6.45) is -0.0598. The predicted molar refractivity (Wildman–Crippen MR) is 75.2 cm³/mol. The molecular weight excluding hydrogens is 242 g/mol. The molecule has 1 aromatic rings. The molecule has 1 N–H and O–H groups in total. The molecule has 19 heavy (non-hydrogen) atoms. The first-order chi connectivity index (χ1) is 8.71. The lowest BCUT2D eigenvalue weighted by atomic mass is 9.94. The summed E-state index contributed by atoms with van der Waals surface area (Å²) in [5.74, 6) is -0.973. The van der Waals surface area contributed by atoms with Gasteiger partial charge in [0, 0.05) is 17.6 Å². The number of carbonyl (C=O) groups excluding carboxylic acids is 1. The van der Waals surface area contributed by atoms with Crippen molar-refractivity contribution in [3.63, 3.8) is 0 Å². The van der Waals surface area contributed by atoms with Gasteiger partial charge in [0.15, 0.2) is 0 Å². The van der Waals surface area contributed by atoms with Crippen molar-refractivity contribution in [3.05, 3.63) is 29.8 Å². The van der Waals surface area contributed by atoms with Gasteiger partial charge in [0.2, 0.25) is 5.91 Å². The van der Waals surface area contributed by atoms with Crippen LogP contribution in [0.25, 0.3) is 0 Å². The first-order valence-corrected chi connectivity index (χ1v) is 6.32. The van der Waals surface area contributed by atoms with Crippen molar-refractivity contribution in [2.45, 2.75) is 34.1 Å². The van der Waals surface area contributed by atoms with Crippen LogP contribution in [-0.4, -0.2) is 23.5 Å². The molecule has 0 saturated carbocycles. The highest BCUT2D eigenvalue weighted by Gasteiger charge is 2.28. The number of aryl methyl sites for hydroxylation is 1. The van der Waals surface area contributed by atoms with Gasteiger partial charge in [-0.2, -0.15) is 0 Å². The number of aliphatic carboxylic acids is 1. The number of hydrogen-bond donors (Lipinski definition) is 1. The fraction of sp³-hybridized carbons (Fsp3) is 0.467. The number of anilines is 1. The molecular formula is C15H21NO3. The molecule has 104 valence electrons. The Labute approximate surface area is 114 Å². The number of amides is 1. The third-order valence-electron chi connectivity index (χ3n) is 2.75. The third kappa shape index (κ3) is 4.39. The fourth-order valence-corrected chi connectivity index (χ4v) is 1.76. The third-order valence-corrected chi connectivity index (χ3v) is 2.75. The second-order valence-electron chi connectivity index (χ2n) is 5.69. The summed E-state index contributed by atoms with van der Waals surface area (Å²) in [7, 11) is 0. The van der Waals surface area contributed by atoms with E-state index in [1.54, 1.807) is 4.90 Å². The number of carbonyl (C=O) groups is 2. The van der Waals surface area contributed by atoms with Crippen molar-refractivity contribution in [3.8, 4) is 0 Å². The Bertz CT molecular complexity index is 475. The maximum Gasteiger partial charge on any atom is 0.305 e. The first kappa shape index (κ1) is 15.2. The van der Waals surface area contributed by atoms with Gasteiger partial charge < -0.3 is 10.0 Å². The predicted octanol–water partition coefficient (Wildman–Crippen LogP) is 2.85. The quantitative estimate of drug-likeness (QED) is 0.908. The zero-order valence-corrected chi connectivity index (χ0v) is 11.9. The summed E-state index contributed by atoms with van der Waals surface area (Å²) >= 11 is 0. The Morgan fingerprint density at radius 2 is 1.89 bits per heavy atom. The molecule has 0 aliphatic rings. The molecule has 0 heterocycles. The molecule has 0 saturated heterocycles. The van der Waals surface area contributed by atoms with E-state index in [1.165, 1.54) is 0 Å². The van der Waals surface area contributed by atoms with Crippen molar-refractivity contribution in [2.75, 3.05) is 11.4 Å². The minimum absolute atomic E-state index is 0.0598. The molecule has 1 rings (SSSR count). The Morgan fingerprint density at radius 1 is 1.26 bits per heavy atom. The van der Waals surface area contributed by atoms with E-state index < -0.39 is 11.4 Å². The second-order valence-corrected chi connectivity index (χ2v) is 5.69. The van der Waals surface area contributed by atoms with E-state index in [2.05, 4.69) is 0 Å². The summed E-state index contributed by atoms with van der Waals surface area (Å²) < 4.78 is 0. The zero-order valence-electron chi connectivity index (χ0n) is 11.9. The molecule has 0 aliphatic heterocycles. The number of benzene rings is 1. The average molecular weight is 263 g/mol. The molecule has 1 aromatic carbocycles. The molecule has 0 radical (unpaired) electrons. The maximum atomic E-state index is 12.4. The van der Waals surface area contributed by atoms with Crippen LogP contribution in [0.2, 0.25) is 0 Å². The Hall–Kier alpha value is -1.84. The average Bonchev–Trinajstić information content (AvgIpc) is 2.27. The standard InChI is InChI=1S/C15H21NO3/c1-11-6-5-7-12(10-11)16(9-8-13(17)18)14(19)15(2,3)4/h5-7,10H,8-9H2,1-4H3,(H,17,18). The van der Waals surface area contributed by atoms with E-state index >= 15 is 0 Å². The molecule has 0 spiro atoms.